The highest BCUT2D eigenvalue weighted by molar-refractivity contribution is 7.21. The first-order valence-corrected chi connectivity index (χ1v) is 7.95. The summed E-state index contributed by atoms with van der Waals surface area (Å²) in [6.07, 6.45) is 5.26. The Morgan fingerprint density at radius 3 is 2.57 bits per heavy atom. The van der Waals surface area contributed by atoms with Crippen molar-refractivity contribution < 1.29 is 5.11 Å². The number of hydrogen-bond donors (Lipinski definition) is 3. The molecule has 0 aliphatic rings. The van der Waals surface area contributed by atoms with Crippen molar-refractivity contribution in [3.05, 3.63) is 82.9 Å². The maximum absolute atomic E-state index is 9.25. The fourth-order valence-corrected chi connectivity index (χ4v) is 3.16. The third-order valence-corrected chi connectivity index (χ3v) is 4.51. The Morgan fingerprint density at radius 2 is 1.83 bits per heavy atom. The molecule has 1 aromatic heterocycles. The second-order valence-electron chi connectivity index (χ2n) is 5.13. The molecule has 0 saturated carbocycles. The van der Waals surface area contributed by atoms with Gasteiger partial charge in [-0.3, -0.25) is 5.41 Å². The summed E-state index contributed by atoms with van der Waals surface area (Å²) in [6, 6.07) is 16.9. The number of allylic oxidation sites excluding steroid dienone is 2. The molecule has 0 saturated heterocycles. The van der Waals surface area contributed by atoms with Gasteiger partial charge in [-0.25, -0.2) is 0 Å². The van der Waals surface area contributed by atoms with Crippen molar-refractivity contribution in [3.8, 4) is 5.75 Å². The summed E-state index contributed by atoms with van der Waals surface area (Å²) < 4.78 is 1.17. The van der Waals surface area contributed by atoms with Crippen molar-refractivity contribution in [1.29, 1.82) is 5.41 Å². The number of aromatic hydroxyl groups is 1. The van der Waals surface area contributed by atoms with Crippen molar-refractivity contribution in [3.63, 3.8) is 0 Å². The Hall–Kier alpha value is -2.85. The molecule has 0 aliphatic heterocycles. The molecule has 0 atom stereocenters. The second kappa shape index (κ2) is 6.50. The maximum atomic E-state index is 9.25. The van der Waals surface area contributed by atoms with Gasteiger partial charge < -0.3 is 10.8 Å². The Bertz CT molecular complexity index is 872. The zero-order chi connectivity index (χ0) is 16.2. The smallest absolute Gasteiger partial charge is 0.115 e. The molecule has 23 heavy (non-hydrogen) atoms. The van der Waals surface area contributed by atoms with Crippen LogP contribution in [-0.2, 0) is 0 Å². The molecule has 0 amide bonds. The minimum atomic E-state index is 0.234. The van der Waals surface area contributed by atoms with Crippen molar-refractivity contribution in [2.45, 2.75) is 0 Å². The van der Waals surface area contributed by atoms with Crippen LogP contribution in [0.25, 0.3) is 16.2 Å². The lowest BCUT2D eigenvalue weighted by atomic mass is 10.1. The number of nitrogens with two attached hydrogens (primary N) is 1. The van der Waals surface area contributed by atoms with E-state index >= 15 is 0 Å². The molecule has 114 valence electrons. The largest absolute Gasteiger partial charge is 0.508 e. The fourth-order valence-electron chi connectivity index (χ4n) is 2.18. The minimum absolute atomic E-state index is 0.234. The summed E-state index contributed by atoms with van der Waals surface area (Å²) in [4.78, 5) is 0.896. The summed E-state index contributed by atoms with van der Waals surface area (Å²) in [5.74, 6) is 0.234. The van der Waals surface area contributed by atoms with E-state index in [0.29, 0.717) is 11.4 Å². The van der Waals surface area contributed by atoms with Crippen LogP contribution in [0, 0.1) is 5.41 Å². The lowest BCUT2D eigenvalue weighted by molar-refractivity contribution is 0.475. The molecule has 1 heterocycles. The Labute approximate surface area is 138 Å². The summed E-state index contributed by atoms with van der Waals surface area (Å²) in [7, 11) is 0. The van der Waals surface area contributed by atoms with Gasteiger partial charge in [-0.15, -0.1) is 11.3 Å². The fraction of sp³-hybridized carbons (Fsp3) is 0. The summed E-state index contributed by atoms with van der Waals surface area (Å²) >= 11 is 1.59. The number of phenolic OH excluding ortho intramolecular Hbond substituents is 1. The van der Waals surface area contributed by atoms with Crippen LogP contribution >= 0.6 is 11.3 Å². The van der Waals surface area contributed by atoms with Gasteiger partial charge >= 0.3 is 0 Å². The summed E-state index contributed by atoms with van der Waals surface area (Å²) in [5, 5.41) is 18.6. The highest BCUT2D eigenvalue weighted by atomic mass is 32.1. The standard InChI is InChI=1S/C19H16N2OS/c20-15(8-5-13-6-9-16(22)10-7-13)12-17(21)19-11-14-3-1-2-4-18(14)23-19/h1-12,21-22H,20H2/b8-5+,15-12-,21-17?. The SMILES string of the molecule is N=C(/C=C(N)/C=C/c1ccc(O)cc1)c1cc2ccccc2s1. The van der Waals surface area contributed by atoms with Crippen LogP contribution in [0.2, 0.25) is 0 Å². The average molecular weight is 320 g/mol. The molecule has 3 nitrogen and oxygen atoms in total. The molecule has 0 radical (unpaired) electrons. The molecule has 0 spiro atoms. The monoisotopic (exact) mass is 320 g/mol. The number of phenols is 1. The molecule has 0 fully saturated rings. The third kappa shape index (κ3) is 3.67. The van der Waals surface area contributed by atoms with Gasteiger partial charge in [0.25, 0.3) is 0 Å². The summed E-state index contributed by atoms with van der Waals surface area (Å²) in [5.41, 5.74) is 7.83. The molecule has 0 unspecified atom stereocenters. The predicted molar refractivity (Wildman–Crippen MR) is 98.1 cm³/mol. The first kappa shape index (κ1) is 15.1. The number of hydrogen-bond acceptors (Lipinski definition) is 4. The third-order valence-electron chi connectivity index (χ3n) is 3.36. The molecule has 4 heteroatoms. The normalized spacial score (nSPS) is 12.1. The van der Waals surface area contributed by atoms with Gasteiger partial charge in [0.2, 0.25) is 0 Å². The first-order valence-electron chi connectivity index (χ1n) is 7.13. The van der Waals surface area contributed by atoms with Crippen molar-refractivity contribution in [2.75, 3.05) is 0 Å². The second-order valence-corrected chi connectivity index (χ2v) is 6.22. The Morgan fingerprint density at radius 1 is 1.09 bits per heavy atom. The van der Waals surface area contributed by atoms with E-state index in [4.69, 9.17) is 11.1 Å². The van der Waals surface area contributed by atoms with Crippen LogP contribution in [0.4, 0.5) is 0 Å². The van der Waals surface area contributed by atoms with Crippen molar-refractivity contribution >= 4 is 33.2 Å². The van der Waals surface area contributed by atoms with Gasteiger partial charge in [0.15, 0.2) is 0 Å². The molecule has 3 aromatic rings. The van der Waals surface area contributed by atoms with E-state index in [0.717, 1.165) is 15.8 Å². The van der Waals surface area contributed by atoms with Gasteiger partial charge in [0.05, 0.1) is 10.6 Å². The molecule has 0 bridgehead atoms. The van der Waals surface area contributed by atoms with Crippen LogP contribution in [0.15, 0.2) is 72.4 Å². The van der Waals surface area contributed by atoms with E-state index in [-0.39, 0.29) is 5.75 Å². The maximum Gasteiger partial charge on any atom is 0.115 e. The zero-order valence-electron chi connectivity index (χ0n) is 12.4. The molecule has 4 N–H and O–H groups in total. The predicted octanol–water partition coefficient (Wildman–Crippen LogP) is 4.53. The minimum Gasteiger partial charge on any atom is -0.508 e. The van der Waals surface area contributed by atoms with E-state index in [1.807, 2.05) is 30.3 Å². The highest BCUT2D eigenvalue weighted by Crippen LogP contribution is 2.25. The summed E-state index contributed by atoms with van der Waals surface area (Å²) in [6.45, 7) is 0. The molecule has 3 rings (SSSR count). The number of nitrogens with one attached hydrogen (secondary N) is 1. The average Bonchev–Trinajstić information content (AvgIpc) is 2.98. The van der Waals surface area contributed by atoms with Crippen molar-refractivity contribution in [1.82, 2.24) is 0 Å². The topological polar surface area (TPSA) is 70.1 Å². The quantitative estimate of drug-likeness (QED) is 0.488. The number of benzene rings is 2. The molecule has 2 aromatic carbocycles. The number of rotatable bonds is 4. The van der Waals surface area contributed by atoms with E-state index in [9.17, 15) is 5.11 Å². The van der Waals surface area contributed by atoms with Crippen molar-refractivity contribution in [2.24, 2.45) is 5.73 Å². The molecule has 0 aliphatic carbocycles. The van der Waals surface area contributed by atoms with Crippen LogP contribution in [0.1, 0.15) is 10.4 Å². The Kier molecular flexibility index (Phi) is 4.26. The zero-order valence-corrected chi connectivity index (χ0v) is 13.2. The lowest BCUT2D eigenvalue weighted by Gasteiger charge is -1.97. The first-order chi connectivity index (χ1) is 11.1. The van der Waals surface area contributed by atoms with Crippen LogP contribution in [0.3, 0.4) is 0 Å². The van der Waals surface area contributed by atoms with Gasteiger partial charge in [-0.05, 0) is 47.4 Å². The van der Waals surface area contributed by atoms with Gasteiger partial charge in [-0.1, -0.05) is 36.4 Å². The molecular formula is C19H16N2OS. The van der Waals surface area contributed by atoms with Crippen LogP contribution < -0.4 is 5.73 Å². The number of fused-ring (bicyclic) bond motifs is 1. The highest BCUT2D eigenvalue weighted by Gasteiger charge is 2.04. The Balaban J connectivity index is 1.76. The van der Waals surface area contributed by atoms with Gasteiger partial charge in [0.1, 0.15) is 5.75 Å². The molecular weight excluding hydrogens is 304 g/mol. The van der Waals surface area contributed by atoms with Crippen LogP contribution in [0.5, 0.6) is 5.75 Å². The van der Waals surface area contributed by atoms with Gasteiger partial charge in [-0.2, -0.15) is 0 Å². The van der Waals surface area contributed by atoms with E-state index in [1.54, 1.807) is 47.8 Å². The van der Waals surface area contributed by atoms with E-state index < -0.39 is 0 Å². The van der Waals surface area contributed by atoms with Crippen LogP contribution in [-0.4, -0.2) is 10.8 Å². The number of thiophene rings is 1. The lowest BCUT2D eigenvalue weighted by Crippen LogP contribution is -1.99. The van der Waals surface area contributed by atoms with E-state index in [1.165, 1.54) is 4.70 Å². The van der Waals surface area contributed by atoms with E-state index in [2.05, 4.69) is 6.07 Å². The van der Waals surface area contributed by atoms with Gasteiger partial charge in [0, 0.05) is 10.4 Å².